The molecule has 0 aromatic rings. The van der Waals surface area contributed by atoms with E-state index in [2.05, 4.69) is 28.7 Å². The first-order valence-electron chi connectivity index (χ1n) is 5.33. The number of halogens is 8. The van der Waals surface area contributed by atoms with E-state index in [4.69, 9.17) is 0 Å². The molecule has 4 nitrogen and oxygen atoms in total. The second-order valence-electron chi connectivity index (χ2n) is 3.98. The Bertz CT molecular complexity index is 470. The average Bonchev–Trinajstić information content (AvgIpc) is 2.32. The van der Waals surface area contributed by atoms with Crippen LogP contribution in [-0.2, 0) is 19.1 Å². The Labute approximate surface area is 128 Å². The van der Waals surface area contributed by atoms with Crippen molar-refractivity contribution in [1.29, 1.82) is 0 Å². The van der Waals surface area contributed by atoms with Crippen LogP contribution in [0.3, 0.4) is 0 Å². The summed E-state index contributed by atoms with van der Waals surface area (Å²) in [7, 11) is 0. The third-order valence-corrected chi connectivity index (χ3v) is 2.07. The van der Waals surface area contributed by atoms with E-state index in [-0.39, 0.29) is 0 Å². The molecule has 0 spiro atoms. The highest BCUT2D eigenvalue weighted by Crippen LogP contribution is 2.34. The Morgan fingerprint density at radius 3 is 1.91 bits per heavy atom. The summed E-state index contributed by atoms with van der Waals surface area (Å²) >= 11 is 2.55. The van der Waals surface area contributed by atoms with E-state index < -0.39 is 54.3 Å². The molecule has 13 heteroatoms. The SMILES string of the molecule is C=C(F)C(=O)OC(CC(F)(F)F)C(F)(F)C(=O)OCC(F)(F)S. The van der Waals surface area contributed by atoms with Crippen LogP contribution in [0.25, 0.3) is 0 Å². The molecule has 23 heavy (non-hydrogen) atoms. The van der Waals surface area contributed by atoms with Crippen LogP contribution in [0.15, 0.2) is 12.4 Å². The predicted molar refractivity (Wildman–Crippen MR) is 60.6 cm³/mol. The lowest BCUT2D eigenvalue weighted by molar-refractivity contribution is -0.221. The summed E-state index contributed by atoms with van der Waals surface area (Å²) in [6.45, 7) is 0.328. The lowest BCUT2D eigenvalue weighted by Gasteiger charge is -2.26. The molecule has 0 saturated heterocycles. The molecule has 134 valence electrons. The Kier molecular flexibility index (Phi) is 6.87. The normalized spacial score (nSPS) is 14.1. The van der Waals surface area contributed by atoms with Crippen LogP contribution in [-0.4, -0.2) is 42.0 Å². The molecule has 0 aliphatic carbocycles. The molecule has 1 unspecified atom stereocenters. The summed E-state index contributed by atoms with van der Waals surface area (Å²) in [6, 6.07) is 0. The van der Waals surface area contributed by atoms with E-state index in [1.807, 2.05) is 0 Å². The first kappa shape index (κ1) is 21.5. The molecule has 0 saturated carbocycles. The van der Waals surface area contributed by atoms with E-state index in [1.54, 1.807) is 0 Å². The van der Waals surface area contributed by atoms with Gasteiger partial charge in [0.05, 0.1) is 6.42 Å². The average molecular weight is 376 g/mol. The number of alkyl halides is 7. The topological polar surface area (TPSA) is 52.6 Å². The van der Waals surface area contributed by atoms with E-state index >= 15 is 0 Å². The highest BCUT2D eigenvalue weighted by molar-refractivity contribution is 7.81. The monoisotopic (exact) mass is 376 g/mol. The molecule has 0 bridgehead atoms. The zero-order valence-electron chi connectivity index (χ0n) is 10.8. The van der Waals surface area contributed by atoms with Gasteiger partial charge in [-0.1, -0.05) is 6.58 Å². The number of hydrogen-bond donors (Lipinski definition) is 1. The standard InChI is InChI=1S/C10H8F8O4S/c1-4(11)6(19)22-5(2-8(12,13)14)10(17,18)7(20)21-3-9(15,16)23/h5,23H,1-3H2. The maximum absolute atomic E-state index is 13.5. The van der Waals surface area contributed by atoms with Gasteiger partial charge in [0.25, 0.3) is 0 Å². The lowest BCUT2D eigenvalue weighted by Crippen LogP contribution is -2.48. The van der Waals surface area contributed by atoms with Gasteiger partial charge in [0.15, 0.2) is 12.7 Å². The summed E-state index contributed by atoms with van der Waals surface area (Å²) in [5.74, 6) is -12.3. The maximum atomic E-state index is 13.5. The Morgan fingerprint density at radius 1 is 1.09 bits per heavy atom. The maximum Gasteiger partial charge on any atom is 0.392 e. The van der Waals surface area contributed by atoms with Crippen molar-refractivity contribution < 1.29 is 54.2 Å². The highest BCUT2D eigenvalue weighted by atomic mass is 32.1. The number of hydrogen-bond acceptors (Lipinski definition) is 5. The fraction of sp³-hybridized carbons (Fsp3) is 0.600. The van der Waals surface area contributed by atoms with Gasteiger partial charge in [-0.25, -0.2) is 9.59 Å². The molecule has 1 atom stereocenters. The fourth-order valence-electron chi connectivity index (χ4n) is 1.03. The van der Waals surface area contributed by atoms with Gasteiger partial charge in [-0.2, -0.15) is 35.1 Å². The number of rotatable bonds is 7. The van der Waals surface area contributed by atoms with Crippen molar-refractivity contribution in [3.8, 4) is 0 Å². The van der Waals surface area contributed by atoms with Crippen LogP contribution >= 0.6 is 12.6 Å². The van der Waals surface area contributed by atoms with Gasteiger partial charge in [-0.3, -0.25) is 0 Å². The number of carbonyl (C=O) groups excluding carboxylic acids is 2. The van der Waals surface area contributed by atoms with Gasteiger partial charge in [0.2, 0.25) is 5.83 Å². The van der Waals surface area contributed by atoms with Crippen LogP contribution in [0, 0.1) is 0 Å². The molecule has 0 aliphatic rings. The zero-order valence-corrected chi connectivity index (χ0v) is 11.7. The summed E-state index contributed by atoms with van der Waals surface area (Å²) in [5.41, 5.74) is 0. The molecule has 0 aromatic carbocycles. The third-order valence-electron chi connectivity index (χ3n) is 1.94. The Morgan fingerprint density at radius 2 is 1.57 bits per heavy atom. The molecule has 0 heterocycles. The molecule has 0 aliphatic heterocycles. The van der Waals surface area contributed by atoms with Gasteiger partial charge in [0.1, 0.15) is 0 Å². The van der Waals surface area contributed by atoms with Gasteiger partial charge >= 0.3 is 29.3 Å². The van der Waals surface area contributed by atoms with Crippen LogP contribution in [0.4, 0.5) is 35.1 Å². The minimum atomic E-state index is -5.36. The molecule has 0 rings (SSSR count). The molecular formula is C10H8F8O4S. The molecule has 0 fully saturated rings. The van der Waals surface area contributed by atoms with Crippen LogP contribution in [0.2, 0.25) is 0 Å². The highest BCUT2D eigenvalue weighted by Gasteiger charge is 2.56. The van der Waals surface area contributed by atoms with Gasteiger partial charge < -0.3 is 9.47 Å². The largest absolute Gasteiger partial charge is 0.454 e. The fourth-order valence-corrected chi connectivity index (χ4v) is 1.09. The van der Waals surface area contributed by atoms with E-state index in [9.17, 15) is 44.7 Å². The lowest BCUT2D eigenvalue weighted by atomic mass is 10.1. The van der Waals surface area contributed by atoms with Crippen molar-refractivity contribution in [2.24, 2.45) is 0 Å². The van der Waals surface area contributed by atoms with Crippen LogP contribution < -0.4 is 0 Å². The van der Waals surface area contributed by atoms with Crippen molar-refractivity contribution in [1.82, 2.24) is 0 Å². The van der Waals surface area contributed by atoms with Crippen molar-refractivity contribution >= 4 is 24.6 Å². The first-order valence-corrected chi connectivity index (χ1v) is 5.78. The second kappa shape index (κ2) is 7.36. The number of ether oxygens (including phenoxy) is 2. The molecule has 0 N–H and O–H groups in total. The number of thiol groups is 1. The van der Waals surface area contributed by atoms with E-state index in [0.29, 0.717) is 0 Å². The van der Waals surface area contributed by atoms with Crippen molar-refractivity contribution in [3.05, 3.63) is 12.4 Å². The molecule has 0 radical (unpaired) electrons. The quantitative estimate of drug-likeness (QED) is 0.321. The number of carbonyl (C=O) groups is 2. The summed E-state index contributed by atoms with van der Waals surface area (Å²) in [5, 5.41) is -4.03. The van der Waals surface area contributed by atoms with Crippen LogP contribution in [0.5, 0.6) is 0 Å². The van der Waals surface area contributed by atoms with Gasteiger partial charge in [-0.05, 0) is 0 Å². The van der Waals surface area contributed by atoms with Crippen molar-refractivity contribution in [2.45, 2.75) is 29.9 Å². The van der Waals surface area contributed by atoms with E-state index in [0.717, 1.165) is 0 Å². The van der Waals surface area contributed by atoms with Gasteiger partial charge in [-0.15, -0.1) is 12.6 Å². The molecule has 0 amide bonds. The smallest absolute Gasteiger partial charge is 0.392 e. The molecule has 0 aromatic heterocycles. The van der Waals surface area contributed by atoms with Crippen molar-refractivity contribution in [3.63, 3.8) is 0 Å². The first-order chi connectivity index (χ1) is 10.1. The Balaban J connectivity index is 5.27. The summed E-state index contributed by atoms with van der Waals surface area (Å²) < 4.78 is 108. The van der Waals surface area contributed by atoms with Crippen LogP contribution in [0.1, 0.15) is 6.42 Å². The predicted octanol–water partition coefficient (Wildman–Crippen LogP) is 3.03. The minimum Gasteiger partial charge on any atom is -0.454 e. The summed E-state index contributed by atoms with van der Waals surface area (Å²) in [4.78, 5) is 21.7. The van der Waals surface area contributed by atoms with Crippen molar-refractivity contribution in [2.75, 3.05) is 6.61 Å². The minimum absolute atomic E-state index is 1.98. The zero-order chi connectivity index (χ0) is 18.6. The Hall–Kier alpha value is -1.53. The number of esters is 2. The summed E-state index contributed by atoms with van der Waals surface area (Å²) in [6.07, 6.45) is -11.5. The third kappa shape index (κ3) is 8.04. The molecular weight excluding hydrogens is 368 g/mol. The van der Waals surface area contributed by atoms with Gasteiger partial charge in [0, 0.05) is 0 Å². The van der Waals surface area contributed by atoms with E-state index in [1.165, 1.54) is 0 Å². The second-order valence-corrected chi connectivity index (χ2v) is 4.64.